The van der Waals surface area contributed by atoms with Gasteiger partial charge in [-0.15, -0.1) is 0 Å². The number of carbonyl (C=O) groups is 3. The van der Waals surface area contributed by atoms with E-state index in [-0.39, 0.29) is 12.0 Å². The van der Waals surface area contributed by atoms with E-state index < -0.39 is 11.8 Å². The maximum absolute atomic E-state index is 12.2. The van der Waals surface area contributed by atoms with Crippen molar-refractivity contribution in [3.63, 3.8) is 0 Å². The predicted molar refractivity (Wildman–Crippen MR) is 110 cm³/mol. The summed E-state index contributed by atoms with van der Waals surface area (Å²) in [6.45, 7) is 1.46. The Labute approximate surface area is 174 Å². The Balaban J connectivity index is 1.38. The third-order valence-electron chi connectivity index (χ3n) is 4.66. The molecule has 1 heterocycles. The van der Waals surface area contributed by atoms with E-state index in [1.807, 2.05) is 6.07 Å². The van der Waals surface area contributed by atoms with Crippen molar-refractivity contribution in [1.82, 2.24) is 10.2 Å². The number of amides is 3. The van der Waals surface area contributed by atoms with E-state index in [1.54, 1.807) is 53.4 Å². The van der Waals surface area contributed by atoms with Gasteiger partial charge in [-0.25, -0.2) is 4.79 Å². The highest BCUT2D eigenvalue weighted by atomic mass is 35.5. The van der Waals surface area contributed by atoms with Crippen LogP contribution in [0.15, 0.2) is 54.6 Å². The molecule has 152 valence electrons. The first-order valence-electron chi connectivity index (χ1n) is 9.38. The third kappa shape index (κ3) is 6.22. The maximum atomic E-state index is 12.2. The van der Waals surface area contributed by atoms with Gasteiger partial charge in [0.2, 0.25) is 0 Å². The third-order valence-corrected chi connectivity index (χ3v) is 4.90. The largest absolute Gasteiger partial charge is 0.415 e. The fourth-order valence-corrected chi connectivity index (χ4v) is 3.24. The normalized spacial score (nSPS) is 14.2. The summed E-state index contributed by atoms with van der Waals surface area (Å²) in [6.07, 6.45) is 1.07. The topological polar surface area (TPSA) is 87.7 Å². The molecule has 0 aromatic heterocycles. The number of hydrogen-bond acceptors (Lipinski definition) is 4. The second kappa shape index (κ2) is 9.93. The lowest BCUT2D eigenvalue weighted by molar-refractivity contribution is -0.136. The lowest BCUT2D eigenvalue weighted by Crippen LogP contribution is -2.44. The highest BCUT2D eigenvalue weighted by Gasteiger charge is 2.25. The maximum Gasteiger partial charge on any atom is 0.415 e. The molecule has 8 heteroatoms. The summed E-state index contributed by atoms with van der Waals surface area (Å²) in [6, 6.07) is 15.5. The molecule has 0 atom stereocenters. The minimum atomic E-state index is -0.740. The number of anilines is 1. The molecule has 0 radical (unpaired) electrons. The van der Waals surface area contributed by atoms with Crippen molar-refractivity contribution in [1.29, 1.82) is 0 Å². The van der Waals surface area contributed by atoms with Gasteiger partial charge < -0.3 is 20.3 Å². The molecule has 0 aliphatic carbocycles. The van der Waals surface area contributed by atoms with Crippen molar-refractivity contribution in [2.45, 2.75) is 12.8 Å². The van der Waals surface area contributed by atoms with Crippen LogP contribution in [0.5, 0.6) is 5.75 Å². The molecule has 3 amide bonds. The van der Waals surface area contributed by atoms with Gasteiger partial charge in [0.25, 0.3) is 0 Å². The highest BCUT2D eigenvalue weighted by Crippen LogP contribution is 2.19. The molecule has 3 rings (SSSR count). The monoisotopic (exact) mass is 415 g/mol. The van der Waals surface area contributed by atoms with Crippen molar-refractivity contribution >= 4 is 35.2 Å². The standard InChI is InChI=1S/C21H22ClN3O4/c22-16-5-4-6-17(13-16)24-20(27)19(26)23-14-15-9-11-25(12-10-15)21(28)29-18-7-2-1-3-8-18/h1-8,13,15H,9-12,14H2,(H,23,26)(H,24,27). The average Bonchev–Trinajstić information content (AvgIpc) is 2.73. The van der Waals surface area contributed by atoms with Gasteiger partial charge >= 0.3 is 17.9 Å². The molecule has 0 bridgehead atoms. The summed E-state index contributed by atoms with van der Waals surface area (Å²) in [4.78, 5) is 37.8. The van der Waals surface area contributed by atoms with Crippen molar-refractivity contribution in [2.75, 3.05) is 25.0 Å². The number of carbonyl (C=O) groups excluding carboxylic acids is 3. The fraction of sp³-hybridized carbons (Fsp3) is 0.286. The molecule has 7 nitrogen and oxygen atoms in total. The number of rotatable bonds is 4. The molecule has 1 saturated heterocycles. The van der Waals surface area contributed by atoms with Gasteiger partial charge in [0.15, 0.2) is 0 Å². The number of piperidine rings is 1. The van der Waals surface area contributed by atoms with Crippen molar-refractivity contribution in [3.8, 4) is 5.75 Å². The Kier molecular flexibility index (Phi) is 7.08. The summed E-state index contributed by atoms with van der Waals surface area (Å²) in [5.41, 5.74) is 0.461. The Morgan fingerprint density at radius 2 is 1.72 bits per heavy atom. The lowest BCUT2D eigenvalue weighted by atomic mass is 9.97. The van der Waals surface area contributed by atoms with E-state index in [9.17, 15) is 14.4 Å². The molecule has 0 spiro atoms. The van der Waals surface area contributed by atoms with E-state index >= 15 is 0 Å². The number of likely N-dealkylation sites (tertiary alicyclic amines) is 1. The molecular formula is C21H22ClN3O4. The molecular weight excluding hydrogens is 394 g/mol. The Hall–Kier alpha value is -3.06. The van der Waals surface area contributed by atoms with Gasteiger partial charge in [0, 0.05) is 30.3 Å². The van der Waals surface area contributed by atoms with E-state index in [0.717, 1.165) is 12.8 Å². The first-order chi connectivity index (χ1) is 14.0. The van der Waals surface area contributed by atoms with Crippen LogP contribution < -0.4 is 15.4 Å². The Morgan fingerprint density at radius 3 is 2.41 bits per heavy atom. The predicted octanol–water partition coefficient (Wildman–Crippen LogP) is 3.31. The molecule has 1 fully saturated rings. The van der Waals surface area contributed by atoms with Gasteiger partial charge in [0.1, 0.15) is 5.75 Å². The summed E-state index contributed by atoms with van der Waals surface area (Å²) in [5, 5.41) is 5.64. The van der Waals surface area contributed by atoms with Gasteiger partial charge in [-0.1, -0.05) is 35.9 Å². The number of nitrogens with zero attached hydrogens (tertiary/aromatic N) is 1. The van der Waals surface area contributed by atoms with Gasteiger partial charge in [-0.3, -0.25) is 9.59 Å². The zero-order valence-electron chi connectivity index (χ0n) is 15.8. The number of nitrogens with one attached hydrogen (secondary N) is 2. The zero-order valence-corrected chi connectivity index (χ0v) is 16.5. The zero-order chi connectivity index (χ0) is 20.6. The van der Waals surface area contributed by atoms with Gasteiger partial charge in [-0.05, 0) is 49.1 Å². The fourth-order valence-electron chi connectivity index (χ4n) is 3.04. The van der Waals surface area contributed by atoms with E-state index in [2.05, 4.69) is 10.6 Å². The quantitative estimate of drug-likeness (QED) is 0.750. The van der Waals surface area contributed by atoms with Crippen molar-refractivity contribution in [3.05, 3.63) is 59.6 Å². The number of para-hydroxylation sites is 1. The molecule has 2 aromatic carbocycles. The SMILES string of the molecule is O=C(NCC1CCN(C(=O)Oc2ccccc2)CC1)C(=O)Nc1cccc(Cl)c1. The van der Waals surface area contributed by atoms with Crippen LogP contribution >= 0.6 is 11.6 Å². The van der Waals surface area contributed by atoms with Crippen LogP contribution in [0.3, 0.4) is 0 Å². The van der Waals surface area contributed by atoms with Crippen LogP contribution in [0.2, 0.25) is 5.02 Å². The first kappa shape index (κ1) is 20.7. The van der Waals surface area contributed by atoms with E-state index in [4.69, 9.17) is 16.3 Å². The molecule has 29 heavy (non-hydrogen) atoms. The van der Waals surface area contributed by atoms with E-state index in [0.29, 0.717) is 36.1 Å². The van der Waals surface area contributed by atoms with Crippen LogP contribution in [0.25, 0.3) is 0 Å². The molecule has 0 unspecified atom stereocenters. The number of benzene rings is 2. The van der Waals surface area contributed by atoms with Gasteiger partial charge in [0.05, 0.1) is 0 Å². The summed E-state index contributed by atoms with van der Waals surface area (Å²) < 4.78 is 5.34. The summed E-state index contributed by atoms with van der Waals surface area (Å²) in [7, 11) is 0. The first-order valence-corrected chi connectivity index (χ1v) is 9.75. The Morgan fingerprint density at radius 1 is 1.00 bits per heavy atom. The summed E-state index contributed by atoms with van der Waals surface area (Å²) in [5.74, 6) is -0.733. The number of ether oxygens (including phenoxy) is 1. The Bertz CT molecular complexity index is 867. The van der Waals surface area contributed by atoms with Crippen LogP contribution in [-0.4, -0.2) is 42.4 Å². The highest BCUT2D eigenvalue weighted by molar-refractivity contribution is 6.39. The van der Waals surface area contributed by atoms with Crippen LogP contribution in [0, 0.1) is 5.92 Å². The van der Waals surface area contributed by atoms with E-state index in [1.165, 1.54) is 0 Å². The second-order valence-corrected chi connectivity index (χ2v) is 7.22. The minimum Gasteiger partial charge on any atom is -0.410 e. The molecule has 2 aromatic rings. The van der Waals surface area contributed by atoms with Gasteiger partial charge in [-0.2, -0.15) is 0 Å². The number of halogens is 1. The molecule has 0 saturated carbocycles. The molecule has 2 N–H and O–H groups in total. The summed E-state index contributed by atoms with van der Waals surface area (Å²) >= 11 is 5.86. The lowest BCUT2D eigenvalue weighted by Gasteiger charge is -2.31. The van der Waals surface area contributed by atoms with Crippen LogP contribution in [-0.2, 0) is 9.59 Å². The number of hydrogen-bond donors (Lipinski definition) is 2. The average molecular weight is 416 g/mol. The molecule has 1 aliphatic rings. The minimum absolute atomic E-state index is 0.193. The smallest absolute Gasteiger partial charge is 0.410 e. The molecule has 1 aliphatic heterocycles. The van der Waals surface area contributed by atoms with Crippen molar-refractivity contribution in [2.24, 2.45) is 5.92 Å². The van der Waals surface area contributed by atoms with Crippen molar-refractivity contribution < 1.29 is 19.1 Å². The van der Waals surface area contributed by atoms with Crippen LogP contribution in [0.1, 0.15) is 12.8 Å². The van der Waals surface area contributed by atoms with Crippen LogP contribution in [0.4, 0.5) is 10.5 Å². The second-order valence-electron chi connectivity index (χ2n) is 6.79.